The number of carbonyl (C=O) groups is 1. The minimum atomic E-state index is -0.612. The topological polar surface area (TPSA) is 81.7 Å². The number of benzene rings is 2. The van der Waals surface area contributed by atoms with Crippen LogP contribution in [0.15, 0.2) is 48.5 Å². The van der Waals surface area contributed by atoms with Gasteiger partial charge in [0.2, 0.25) is 0 Å². The van der Waals surface area contributed by atoms with Crippen LogP contribution in [0.3, 0.4) is 0 Å². The summed E-state index contributed by atoms with van der Waals surface area (Å²) >= 11 is 0. The molecule has 186 valence electrons. The highest BCUT2D eigenvalue weighted by atomic mass is 17.2. The predicted octanol–water partition coefficient (Wildman–Crippen LogP) is 4.95. The fourth-order valence-electron chi connectivity index (χ4n) is 2.95. The molecule has 0 amide bonds. The number of hydrogen-bond acceptors (Lipinski definition) is 8. The number of carbonyl (C=O) groups excluding carboxylic acids is 1. The van der Waals surface area contributed by atoms with E-state index in [4.69, 9.17) is 33.8 Å². The van der Waals surface area contributed by atoms with E-state index in [-0.39, 0.29) is 5.97 Å². The maximum atomic E-state index is 12.0. The van der Waals surface area contributed by atoms with Crippen LogP contribution in [-0.2, 0) is 30.5 Å². The first-order chi connectivity index (χ1) is 16.6. The molecule has 2 aromatic carbocycles. The summed E-state index contributed by atoms with van der Waals surface area (Å²) < 4.78 is 16.4. The molecule has 0 aliphatic carbocycles. The molecule has 0 unspecified atom stereocenters. The van der Waals surface area contributed by atoms with E-state index in [2.05, 4.69) is 0 Å². The maximum Gasteiger partial charge on any atom is 0.335 e. The lowest BCUT2D eigenvalue weighted by atomic mass is 10.1. The lowest BCUT2D eigenvalue weighted by molar-refractivity contribution is -0.207. The fraction of sp³-hybridized carbons (Fsp3) is 0.423. The highest BCUT2D eigenvalue weighted by Gasteiger charge is 2.20. The Morgan fingerprint density at radius 1 is 0.824 bits per heavy atom. The molecule has 0 aliphatic rings. The second-order valence-corrected chi connectivity index (χ2v) is 6.97. The van der Waals surface area contributed by atoms with Gasteiger partial charge in [-0.2, -0.15) is 9.78 Å². The highest BCUT2D eigenvalue weighted by molar-refractivity contribution is 5.75. The fourth-order valence-corrected chi connectivity index (χ4v) is 2.95. The Morgan fingerprint density at radius 2 is 1.47 bits per heavy atom. The van der Waals surface area contributed by atoms with Crippen LogP contribution in [0.4, 0.5) is 0 Å². The van der Waals surface area contributed by atoms with Gasteiger partial charge < -0.3 is 24.0 Å². The quantitative estimate of drug-likeness (QED) is 0.192. The molecule has 0 fully saturated rings. The van der Waals surface area contributed by atoms with Crippen molar-refractivity contribution in [2.24, 2.45) is 0 Å². The molecular weight excluding hydrogens is 440 g/mol. The van der Waals surface area contributed by atoms with Crippen molar-refractivity contribution in [1.29, 1.82) is 0 Å². The van der Waals surface area contributed by atoms with E-state index >= 15 is 0 Å². The second kappa shape index (κ2) is 15.7. The van der Waals surface area contributed by atoms with E-state index in [1.165, 1.54) is 0 Å². The molecule has 0 bridgehead atoms. The molecule has 0 aromatic heterocycles. The third-order valence-electron chi connectivity index (χ3n) is 4.37. The Hall–Kier alpha value is -3.07. The molecule has 2 aromatic rings. The van der Waals surface area contributed by atoms with Crippen molar-refractivity contribution in [2.45, 2.75) is 40.2 Å². The predicted molar refractivity (Wildman–Crippen MR) is 128 cm³/mol. The largest absolute Gasteiger partial charge is 0.490 e. The van der Waals surface area contributed by atoms with Gasteiger partial charge in [-0.1, -0.05) is 18.2 Å². The summed E-state index contributed by atoms with van der Waals surface area (Å²) in [4.78, 5) is 32.5. The molecule has 0 radical (unpaired) electrons. The summed E-state index contributed by atoms with van der Waals surface area (Å²) in [5.41, 5.74) is 1.80. The van der Waals surface area contributed by atoms with E-state index < -0.39 is 6.10 Å². The normalized spacial score (nSPS) is 11.9. The first kappa shape index (κ1) is 27.2. The van der Waals surface area contributed by atoms with Gasteiger partial charge in [-0.3, -0.25) is 0 Å². The zero-order chi connectivity index (χ0) is 24.6. The van der Waals surface area contributed by atoms with Crippen LogP contribution in [0.1, 0.15) is 38.8 Å². The molecule has 0 N–H and O–H groups in total. The molecule has 0 aliphatic heterocycles. The minimum absolute atomic E-state index is 0.327. The van der Waals surface area contributed by atoms with Crippen LogP contribution in [0.5, 0.6) is 17.2 Å². The van der Waals surface area contributed by atoms with Gasteiger partial charge in [0.05, 0.1) is 19.8 Å². The van der Waals surface area contributed by atoms with Crippen molar-refractivity contribution in [3.63, 3.8) is 0 Å². The summed E-state index contributed by atoms with van der Waals surface area (Å²) in [6, 6.07) is 12.9. The van der Waals surface area contributed by atoms with Crippen LogP contribution in [0.25, 0.3) is 6.08 Å². The smallest absolute Gasteiger partial charge is 0.335 e. The van der Waals surface area contributed by atoms with Crippen LogP contribution in [-0.4, -0.2) is 45.1 Å². The van der Waals surface area contributed by atoms with Gasteiger partial charge in [0, 0.05) is 19.1 Å². The Bertz CT molecular complexity index is 853. The Balaban J connectivity index is 1.93. The van der Waals surface area contributed by atoms with Crippen LogP contribution in [0.2, 0.25) is 0 Å². The van der Waals surface area contributed by atoms with E-state index in [1.54, 1.807) is 13.0 Å². The minimum Gasteiger partial charge on any atom is -0.490 e. The molecule has 8 nitrogen and oxygen atoms in total. The van der Waals surface area contributed by atoms with E-state index in [0.29, 0.717) is 56.7 Å². The molecule has 8 heteroatoms. The standard InChI is InChI=1S/C26H34O8/c1-5-28-25(26(27)29-6-2)18-20-11-13-22(14-12-20)30-15-9-10-21-16-23(33-31-7-3)19-24(17-21)34-32-8-4/h9-14,16-17,19,25H,5-8,15,18H2,1-4H3/t25-/m0/s1. The number of ether oxygens (including phenoxy) is 3. The maximum absolute atomic E-state index is 12.0. The molecule has 0 saturated heterocycles. The summed E-state index contributed by atoms with van der Waals surface area (Å²) in [5.74, 6) is 1.37. The highest BCUT2D eigenvalue weighted by Crippen LogP contribution is 2.24. The summed E-state index contributed by atoms with van der Waals surface area (Å²) in [6.45, 7) is 9.28. The Morgan fingerprint density at radius 3 is 2.03 bits per heavy atom. The summed E-state index contributed by atoms with van der Waals surface area (Å²) in [6.07, 6.45) is 3.60. The van der Waals surface area contributed by atoms with Gasteiger partial charge in [0.1, 0.15) is 12.4 Å². The monoisotopic (exact) mass is 474 g/mol. The lowest BCUT2D eigenvalue weighted by Crippen LogP contribution is -2.28. The zero-order valence-electron chi connectivity index (χ0n) is 20.3. The van der Waals surface area contributed by atoms with Gasteiger partial charge >= 0.3 is 5.97 Å². The van der Waals surface area contributed by atoms with Crippen molar-refractivity contribution in [1.82, 2.24) is 0 Å². The molecule has 0 spiro atoms. The van der Waals surface area contributed by atoms with Crippen LogP contribution in [0, 0.1) is 0 Å². The molecule has 0 saturated carbocycles. The van der Waals surface area contributed by atoms with Gasteiger partial charge in [-0.05, 0) is 69.2 Å². The molecule has 2 rings (SSSR count). The summed E-state index contributed by atoms with van der Waals surface area (Å²) in [7, 11) is 0. The van der Waals surface area contributed by atoms with Gasteiger partial charge in [0.25, 0.3) is 0 Å². The van der Waals surface area contributed by atoms with Crippen LogP contribution >= 0.6 is 0 Å². The molecule has 1 atom stereocenters. The third-order valence-corrected chi connectivity index (χ3v) is 4.37. The zero-order valence-corrected chi connectivity index (χ0v) is 20.3. The van der Waals surface area contributed by atoms with Crippen molar-refractivity contribution < 1.29 is 38.6 Å². The Kier molecular flexibility index (Phi) is 12.6. The number of esters is 1. The van der Waals surface area contributed by atoms with Crippen LogP contribution < -0.4 is 14.5 Å². The lowest BCUT2D eigenvalue weighted by Gasteiger charge is -2.15. The second-order valence-electron chi connectivity index (χ2n) is 6.97. The third kappa shape index (κ3) is 9.82. The van der Waals surface area contributed by atoms with Crippen molar-refractivity contribution >= 4 is 12.0 Å². The van der Waals surface area contributed by atoms with Crippen molar-refractivity contribution in [3.8, 4) is 17.2 Å². The first-order valence-electron chi connectivity index (χ1n) is 11.5. The van der Waals surface area contributed by atoms with E-state index in [0.717, 1.165) is 11.1 Å². The van der Waals surface area contributed by atoms with Crippen molar-refractivity contribution in [2.75, 3.05) is 33.0 Å². The average Bonchev–Trinajstić information content (AvgIpc) is 2.85. The summed E-state index contributed by atoms with van der Waals surface area (Å²) in [5, 5.41) is 0. The van der Waals surface area contributed by atoms with Gasteiger partial charge in [0.15, 0.2) is 17.6 Å². The number of rotatable bonds is 16. The van der Waals surface area contributed by atoms with E-state index in [9.17, 15) is 4.79 Å². The SMILES string of the molecule is CCOOc1cc(C=CCOc2ccc(C[C@H](OCC)C(=O)OCC)cc2)cc(OOCC)c1. The number of hydrogen-bond donors (Lipinski definition) is 0. The van der Waals surface area contributed by atoms with Gasteiger partial charge in [-0.25, -0.2) is 4.79 Å². The van der Waals surface area contributed by atoms with Gasteiger partial charge in [-0.15, -0.1) is 0 Å². The first-order valence-corrected chi connectivity index (χ1v) is 11.5. The molecular formula is C26H34O8. The van der Waals surface area contributed by atoms with E-state index in [1.807, 2.05) is 69.3 Å². The Labute approximate surface area is 201 Å². The molecule has 0 heterocycles. The average molecular weight is 475 g/mol. The molecule has 34 heavy (non-hydrogen) atoms. The van der Waals surface area contributed by atoms with Crippen molar-refractivity contribution in [3.05, 3.63) is 59.7 Å².